The first kappa shape index (κ1) is 12.7. The van der Waals surface area contributed by atoms with Crippen molar-refractivity contribution in [2.45, 2.75) is 19.4 Å². The third kappa shape index (κ3) is 2.83. The van der Waals surface area contributed by atoms with Crippen LogP contribution in [0.1, 0.15) is 17.0 Å². The van der Waals surface area contributed by atoms with Crippen LogP contribution < -0.4 is 5.73 Å². The molecule has 2 aromatic rings. The summed E-state index contributed by atoms with van der Waals surface area (Å²) in [4.78, 5) is 12.7. The molecule has 0 atom stereocenters. The van der Waals surface area contributed by atoms with Gasteiger partial charge in [-0.15, -0.1) is 11.3 Å². The zero-order valence-electron chi connectivity index (χ0n) is 10.9. The number of nitrogens with zero attached hydrogens (tertiary/aromatic N) is 3. The molecule has 0 aliphatic carbocycles. The normalized spacial score (nSPS) is 15.4. The fraction of sp³-hybridized carbons (Fsp3) is 0.429. The van der Waals surface area contributed by atoms with Gasteiger partial charge in [-0.25, -0.2) is 4.98 Å². The van der Waals surface area contributed by atoms with Crippen LogP contribution in [0, 0.1) is 0 Å². The molecule has 1 aliphatic heterocycles. The topological polar surface area (TPSA) is 55.0 Å². The SMILES string of the molecule is NCCCN1CCc2nc(-c3ccncc3)sc2C1. The van der Waals surface area contributed by atoms with Crippen LogP contribution in [0.5, 0.6) is 0 Å². The van der Waals surface area contributed by atoms with E-state index in [1.54, 1.807) is 0 Å². The Hall–Kier alpha value is -1.30. The molecular formula is C14H18N4S. The van der Waals surface area contributed by atoms with Gasteiger partial charge in [-0.1, -0.05) is 0 Å². The standard InChI is InChI=1S/C14H18N4S/c15-5-1-8-18-9-4-12-13(10-18)19-14(17-12)11-2-6-16-7-3-11/h2-3,6-7H,1,4-5,8-10,15H2. The molecule has 3 rings (SSSR count). The molecule has 0 bridgehead atoms. The predicted molar refractivity (Wildman–Crippen MR) is 78.0 cm³/mol. The number of thiazole rings is 1. The number of nitrogens with two attached hydrogens (primary N) is 1. The van der Waals surface area contributed by atoms with Crippen molar-refractivity contribution < 1.29 is 0 Å². The van der Waals surface area contributed by atoms with Crippen molar-refractivity contribution in [3.05, 3.63) is 35.1 Å². The van der Waals surface area contributed by atoms with Crippen molar-refractivity contribution in [2.75, 3.05) is 19.6 Å². The second-order valence-electron chi connectivity index (χ2n) is 4.79. The summed E-state index contributed by atoms with van der Waals surface area (Å²) < 4.78 is 0. The highest BCUT2D eigenvalue weighted by Gasteiger charge is 2.20. The van der Waals surface area contributed by atoms with Gasteiger partial charge >= 0.3 is 0 Å². The first-order valence-electron chi connectivity index (χ1n) is 6.68. The fourth-order valence-corrected chi connectivity index (χ4v) is 3.53. The van der Waals surface area contributed by atoms with Crippen LogP contribution in [0.15, 0.2) is 24.5 Å². The minimum absolute atomic E-state index is 0.772. The molecule has 0 radical (unpaired) electrons. The third-order valence-electron chi connectivity index (χ3n) is 3.42. The Morgan fingerprint density at radius 2 is 2.16 bits per heavy atom. The maximum atomic E-state index is 5.58. The molecule has 0 amide bonds. The lowest BCUT2D eigenvalue weighted by Crippen LogP contribution is -2.31. The van der Waals surface area contributed by atoms with Gasteiger partial charge in [0.1, 0.15) is 5.01 Å². The lowest BCUT2D eigenvalue weighted by atomic mass is 10.1. The Bertz CT molecular complexity index is 538. The van der Waals surface area contributed by atoms with E-state index in [0.717, 1.165) is 44.0 Å². The van der Waals surface area contributed by atoms with Crippen molar-refractivity contribution in [1.29, 1.82) is 0 Å². The minimum Gasteiger partial charge on any atom is -0.330 e. The lowest BCUT2D eigenvalue weighted by molar-refractivity contribution is 0.254. The van der Waals surface area contributed by atoms with Crippen molar-refractivity contribution in [1.82, 2.24) is 14.9 Å². The second-order valence-corrected chi connectivity index (χ2v) is 5.88. The number of fused-ring (bicyclic) bond motifs is 1. The maximum absolute atomic E-state index is 5.58. The molecule has 0 saturated heterocycles. The zero-order chi connectivity index (χ0) is 13.1. The van der Waals surface area contributed by atoms with E-state index in [-0.39, 0.29) is 0 Å². The Labute approximate surface area is 117 Å². The summed E-state index contributed by atoms with van der Waals surface area (Å²) in [6.45, 7) is 4.00. The molecule has 0 saturated carbocycles. The van der Waals surface area contributed by atoms with Gasteiger partial charge in [0.15, 0.2) is 0 Å². The summed E-state index contributed by atoms with van der Waals surface area (Å²) in [6, 6.07) is 4.05. The molecule has 2 N–H and O–H groups in total. The highest BCUT2D eigenvalue weighted by molar-refractivity contribution is 7.15. The van der Waals surface area contributed by atoms with E-state index in [4.69, 9.17) is 10.7 Å². The molecule has 4 nitrogen and oxygen atoms in total. The van der Waals surface area contributed by atoms with Crippen LogP contribution in [-0.2, 0) is 13.0 Å². The average Bonchev–Trinajstić information content (AvgIpc) is 2.89. The molecule has 2 aromatic heterocycles. The first-order valence-corrected chi connectivity index (χ1v) is 7.50. The number of hydrogen-bond acceptors (Lipinski definition) is 5. The smallest absolute Gasteiger partial charge is 0.124 e. The van der Waals surface area contributed by atoms with Gasteiger partial charge in [0.25, 0.3) is 0 Å². The van der Waals surface area contributed by atoms with E-state index in [0.29, 0.717) is 0 Å². The average molecular weight is 274 g/mol. The van der Waals surface area contributed by atoms with E-state index >= 15 is 0 Å². The van der Waals surface area contributed by atoms with Gasteiger partial charge in [-0.05, 0) is 31.6 Å². The molecule has 0 aromatic carbocycles. The summed E-state index contributed by atoms with van der Waals surface area (Å²) in [5.74, 6) is 0. The van der Waals surface area contributed by atoms with Crippen LogP contribution in [0.4, 0.5) is 0 Å². The Kier molecular flexibility index (Phi) is 3.87. The van der Waals surface area contributed by atoms with Gasteiger partial charge in [0.2, 0.25) is 0 Å². The molecule has 5 heteroatoms. The Morgan fingerprint density at radius 3 is 2.95 bits per heavy atom. The zero-order valence-corrected chi connectivity index (χ0v) is 11.7. The molecule has 0 fully saturated rings. The van der Waals surface area contributed by atoms with E-state index in [1.165, 1.54) is 16.1 Å². The van der Waals surface area contributed by atoms with Crippen molar-refractivity contribution in [3.8, 4) is 10.6 Å². The Morgan fingerprint density at radius 1 is 1.32 bits per heavy atom. The van der Waals surface area contributed by atoms with Crippen LogP contribution in [0.2, 0.25) is 0 Å². The lowest BCUT2D eigenvalue weighted by Gasteiger charge is -2.25. The molecule has 19 heavy (non-hydrogen) atoms. The van der Waals surface area contributed by atoms with Gasteiger partial charge < -0.3 is 5.73 Å². The third-order valence-corrected chi connectivity index (χ3v) is 4.55. The predicted octanol–water partition coefficient (Wildman–Crippen LogP) is 1.91. The molecule has 3 heterocycles. The van der Waals surface area contributed by atoms with Gasteiger partial charge in [0.05, 0.1) is 5.69 Å². The first-order chi connectivity index (χ1) is 9.36. The van der Waals surface area contributed by atoms with E-state index < -0.39 is 0 Å². The summed E-state index contributed by atoms with van der Waals surface area (Å²) in [5.41, 5.74) is 8.03. The fourth-order valence-electron chi connectivity index (χ4n) is 2.37. The quantitative estimate of drug-likeness (QED) is 0.925. The Balaban J connectivity index is 1.77. The number of rotatable bonds is 4. The number of aromatic nitrogens is 2. The highest BCUT2D eigenvalue weighted by Crippen LogP contribution is 2.31. The summed E-state index contributed by atoms with van der Waals surface area (Å²) in [6.07, 6.45) is 5.78. The van der Waals surface area contributed by atoms with Gasteiger partial charge in [-0.3, -0.25) is 9.88 Å². The van der Waals surface area contributed by atoms with Crippen molar-refractivity contribution >= 4 is 11.3 Å². The van der Waals surface area contributed by atoms with Crippen molar-refractivity contribution in [2.24, 2.45) is 5.73 Å². The molecule has 1 aliphatic rings. The minimum atomic E-state index is 0.772. The van der Waals surface area contributed by atoms with E-state index in [2.05, 4.69) is 9.88 Å². The molecular weight excluding hydrogens is 256 g/mol. The molecule has 0 unspecified atom stereocenters. The summed E-state index contributed by atoms with van der Waals surface area (Å²) >= 11 is 1.81. The summed E-state index contributed by atoms with van der Waals surface area (Å²) in [5, 5.41) is 1.12. The van der Waals surface area contributed by atoms with Crippen LogP contribution in [-0.4, -0.2) is 34.5 Å². The number of hydrogen-bond donors (Lipinski definition) is 1. The number of pyridine rings is 1. The summed E-state index contributed by atoms with van der Waals surface area (Å²) in [7, 11) is 0. The van der Waals surface area contributed by atoms with Crippen molar-refractivity contribution in [3.63, 3.8) is 0 Å². The van der Waals surface area contributed by atoms with Crippen LogP contribution in [0.3, 0.4) is 0 Å². The molecule has 0 spiro atoms. The van der Waals surface area contributed by atoms with E-state index in [9.17, 15) is 0 Å². The maximum Gasteiger partial charge on any atom is 0.124 e. The van der Waals surface area contributed by atoms with Gasteiger partial charge in [-0.2, -0.15) is 0 Å². The second kappa shape index (κ2) is 5.77. The van der Waals surface area contributed by atoms with E-state index in [1.807, 2.05) is 35.9 Å². The van der Waals surface area contributed by atoms with Crippen LogP contribution in [0.25, 0.3) is 10.6 Å². The monoisotopic (exact) mass is 274 g/mol. The highest BCUT2D eigenvalue weighted by atomic mass is 32.1. The molecule has 100 valence electrons. The van der Waals surface area contributed by atoms with Crippen LogP contribution >= 0.6 is 11.3 Å². The largest absolute Gasteiger partial charge is 0.330 e. The van der Waals surface area contributed by atoms with Gasteiger partial charge in [0, 0.05) is 42.3 Å².